The number of anilines is 1. The fourth-order valence-electron chi connectivity index (χ4n) is 2.14. The molecule has 0 aromatic heterocycles. The number of nitrogens with one attached hydrogen (secondary N) is 2. The molecule has 2 amide bonds. The van der Waals surface area contributed by atoms with Gasteiger partial charge in [0.2, 0.25) is 0 Å². The van der Waals surface area contributed by atoms with Crippen molar-refractivity contribution < 1.29 is 4.79 Å². The van der Waals surface area contributed by atoms with Crippen LogP contribution in [-0.4, -0.2) is 12.6 Å². The predicted molar refractivity (Wildman–Crippen MR) is 92.7 cm³/mol. The summed E-state index contributed by atoms with van der Waals surface area (Å²) in [5.74, 6) is 0. The van der Waals surface area contributed by atoms with Crippen molar-refractivity contribution in [1.82, 2.24) is 5.32 Å². The Bertz CT molecular complexity index is 650. The first-order valence-electron chi connectivity index (χ1n) is 7.25. The molecule has 2 rings (SSSR count). The maximum absolute atomic E-state index is 12.0. The van der Waals surface area contributed by atoms with Gasteiger partial charge in [-0.1, -0.05) is 67.4 Å². The number of benzene rings is 2. The number of halogens is 1. The molecule has 22 heavy (non-hydrogen) atoms. The van der Waals surface area contributed by atoms with Crippen LogP contribution in [-0.2, 0) is 5.41 Å². The Kier molecular flexibility index (Phi) is 5.09. The number of urea groups is 1. The van der Waals surface area contributed by atoms with Crippen LogP contribution in [0.15, 0.2) is 48.5 Å². The number of carbonyl (C=O) groups is 1. The van der Waals surface area contributed by atoms with Crippen LogP contribution in [0.1, 0.15) is 25.0 Å². The normalized spacial score (nSPS) is 11.1. The largest absolute Gasteiger partial charge is 0.337 e. The molecule has 0 aliphatic carbocycles. The molecule has 2 N–H and O–H groups in total. The van der Waals surface area contributed by atoms with Crippen molar-refractivity contribution in [3.8, 4) is 0 Å². The number of aryl methyl sites for hydroxylation is 1. The Morgan fingerprint density at radius 2 is 1.73 bits per heavy atom. The molecular weight excluding hydrogens is 296 g/mol. The zero-order valence-corrected chi connectivity index (χ0v) is 13.9. The molecule has 116 valence electrons. The molecule has 0 aliphatic heterocycles. The Morgan fingerprint density at radius 1 is 1.09 bits per heavy atom. The van der Waals surface area contributed by atoms with Crippen molar-refractivity contribution in [2.24, 2.45) is 0 Å². The van der Waals surface area contributed by atoms with Gasteiger partial charge in [0.1, 0.15) is 0 Å². The average molecular weight is 317 g/mol. The maximum atomic E-state index is 12.0. The topological polar surface area (TPSA) is 41.1 Å². The minimum Gasteiger partial charge on any atom is -0.337 e. The standard InChI is InChI=1S/C18H21ClN2O/c1-13-8-10-14(11-9-13)18(2,3)12-20-17(22)21-16-7-5-4-6-15(16)19/h4-11H,12H2,1-3H3,(H2,20,21,22). The van der Waals surface area contributed by atoms with E-state index in [9.17, 15) is 4.79 Å². The highest BCUT2D eigenvalue weighted by Gasteiger charge is 2.21. The minimum absolute atomic E-state index is 0.147. The zero-order valence-electron chi connectivity index (χ0n) is 13.1. The van der Waals surface area contributed by atoms with Gasteiger partial charge in [0.25, 0.3) is 0 Å². The van der Waals surface area contributed by atoms with E-state index in [0.717, 1.165) is 0 Å². The number of hydrogen-bond acceptors (Lipinski definition) is 1. The van der Waals surface area contributed by atoms with E-state index in [4.69, 9.17) is 11.6 Å². The van der Waals surface area contributed by atoms with Crippen LogP contribution in [0.25, 0.3) is 0 Å². The van der Waals surface area contributed by atoms with Crippen LogP contribution in [0.5, 0.6) is 0 Å². The van der Waals surface area contributed by atoms with Gasteiger partial charge in [-0.15, -0.1) is 0 Å². The lowest BCUT2D eigenvalue weighted by Gasteiger charge is -2.26. The van der Waals surface area contributed by atoms with Crippen molar-refractivity contribution in [1.29, 1.82) is 0 Å². The van der Waals surface area contributed by atoms with Gasteiger partial charge in [-0.3, -0.25) is 0 Å². The average Bonchev–Trinajstić information content (AvgIpc) is 2.48. The summed E-state index contributed by atoms with van der Waals surface area (Å²) in [6, 6.07) is 15.3. The van der Waals surface area contributed by atoms with Crippen molar-refractivity contribution in [3.63, 3.8) is 0 Å². The van der Waals surface area contributed by atoms with Gasteiger partial charge < -0.3 is 10.6 Å². The molecule has 0 saturated carbocycles. The van der Waals surface area contributed by atoms with Crippen LogP contribution < -0.4 is 10.6 Å². The van der Waals surface area contributed by atoms with Gasteiger partial charge >= 0.3 is 6.03 Å². The molecule has 4 heteroatoms. The fourth-order valence-corrected chi connectivity index (χ4v) is 2.32. The van der Waals surface area contributed by atoms with E-state index in [1.807, 2.05) is 12.1 Å². The molecule has 0 saturated heterocycles. The zero-order chi connectivity index (χ0) is 16.2. The third-order valence-electron chi connectivity index (χ3n) is 3.65. The molecule has 0 aliphatic rings. The maximum Gasteiger partial charge on any atom is 0.319 e. The molecular formula is C18H21ClN2O. The Morgan fingerprint density at radius 3 is 2.36 bits per heavy atom. The van der Waals surface area contributed by atoms with E-state index in [1.165, 1.54) is 11.1 Å². The molecule has 0 atom stereocenters. The first-order valence-corrected chi connectivity index (χ1v) is 7.63. The smallest absolute Gasteiger partial charge is 0.319 e. The highest BCUT2D eigenvalue weighted by molar-refractivity contribution is 6.33. The van der Waals surface area contributed by atoms with E-state index in [0.29, 0.717) is 17.3 Å². The third kappa shape index (κ3) is 4.25. The van der Waals surface area contributed by atoms with Crippen molar-refractivity contribution in [3.05, 3.63) is 64.7 Å². The fraction of sp³-hybridized carbons (Fsp3) is 0.278. The summed E-state index contributed by atoms with van der Waals surface area (Å²) < 4.78 is 0. The number of hydrogen-bond donors (Lipinski definition) is 2. The van der Waals surface area contributed by atoms with E-state index >= 15 is 0 Å². The molecule has 0 fully saturated rings. The quantitative estimate of drug-likeness (QED) is 0.839. The highest BCUT2D eigenvalue weighted by Crippen LogP contribution is 2.23. The van der Waals surface area contributed by atoms with Gasteiger partial charge in [-0.25, -0.2) is 4.79 Å². The molecule has 0 spiro atoms. The van der Waals surface area contributed by atoms with Crippen molar-refractivity contribution >= 4 is 23.3 Å². The molecule has 0 unspecified atom stereocenters. The second-order valence-electron chi connectivity index (χ2n) is 6.04. The summed E-state index contributed by atoms with van der Waals surface area (Å²) in [6.45, 7) is 6.80. The summed E-state index contributed by atoms with van der Waals surface area (Å²) in [7, 11) is 0. The van der Waals surface area contributed by atoms with Crippen LogP contribution in [0.2, 0.25) is 5.02 Å². The monoisotopic (exact) mass is 316 g/mol. The lowest BCUT2D eigenvalue weighted by Crippen LogP contribution is -2.39. The Balaban J connectivity index is 1.95. The summed E-state index contributed by atoms with van der Waals surface area (Å²) in [5.41, 5.74) is 2.88. The predicted octanol–water partition coefficient (Wildman–Crippen LogP) is 4.75. The molecule has 0 heterocycles. The van der Waals surface area contributed by atoms with Crippen molar-refractivity contribution in [2.75, 3.05) is 11.9 Å². The van der Waals surface area contributed by atoms with Gasteiger partial charge in [-0.2, -0.15) is 0 Å². The first-order chi connectivity index (χ1) is 10.4. The van der Waals surface area contributed by atoms with Crippen LogP contribution in [0, 0.1) is 6.92 Å². The molecule has 2 aromatic carbocycles. The van der Waals surface area contributed by atoms with E-state index < -0.39 is 0 Å². The summed E-state index contributed by atoms with van der Waals surface area (Å²) in [4.78, 5) is 12.0. The number of rotatable bonds is 4. The van der Waals surface area contributed by atoms with E-state index in [-0.39, 0.29) is 11.4 Å². The SMILES string of the molecule is Cc1ccc(C(C)(C)CNC(=O)Nc2ccccc2Cl)cc1. The lowest BCUT2D eigenvalue weighted by molar-refractivity contribution is 0.249. The summed E-state index contributed by atoms with van der Waals surface area (Å²) >= 11 is 6.03. The van der Waals surface area contributed by atoms with Gasteiger partial charge in [0.15, 0.2) is 0 Å². The molecule has 2 aromatic rings. The lowest BCUT2D eigenvalue weighted by atomic mass is 9.84. The second-order valence-corrected chi connectivity index (χ2v) is 6.44. The molecule has 0 radical (unpaired) electrons. The van der Waals surface area contributed by atoms with E-state index in [2.05, 4.69) is 55.7 Å². The van der Waals surface area contributed by atoms with Crippen molar-refractivity contribution in [2.45, 2.75) is 26.2 Å². The summed E-state index contributed by atoms with van der Waals surface area (Å²) in [5, 5.41) is 6.19. The third-order valence-corrected chi connectivity index (χ3v) is 3.98. The number of carbonyl (C=O) groups excluding carboxylic acids is 1. The van der Waals surface area contributed by atoms with Gasteiger partial charge in [0.05, 0.1) is 10.7 Å². The van der Waals surface area contributed by atoms with Gasteiger partial charge in [0, 0.05) is 12.0 Å². The highest BCUT2D eigenvalue weighted by atomic mass is 35.5. The second kappa shape index (κ2) is 6.84. The summed E-state index contributed by atoms with van der Waals surface area (Å²) in [6.07, 6.45) is 0. The van der Waals surface area contributed by atoms with Crippen LogP contribution in [0.3, 0.4) is 0 Å². The Labute approximate surface area is 136 Å². The molecule has 3 nitrogen and oxygen atoms in total. The number of para-hydroxylation sites is 1. The van der Waals surface area contributed by atoms with E-state index in [1.54, 1.807) is 12.1 Å². The van der Waals surface area contributed by atoms with Crippen LogP contribution >= 0.6 is 11.6 Å². The minimum atomic E-state index is -0.256. The van der Waals surface area contributed by atoms with Crippen LogP contribution in [0.4, 0.5) is 10.5 Å². The Hall–Kier alpha value is -2.00. The first kappa shape index (κ1) is 16.4. The van der Waals surface area contributed by atoms with Gasteiger partial charge in [-0.05, 0) is 24.6 Å². The number of amides is 2. The molecule has 0 bridgehead atoms.